The summed E-state index contributed by atoms with van der Waals surface area (Å²) < 4.78 is 89.3. The van der Waals surface area contributed by atoms with E-state index in [4.69, 9.17) is 52.8 Å². The number of amides is 2. The van der Waals surface area contributed by atoms with Crippen LogP contribution in [0.3, 0.4) is 0 Å². The molecule has 0 bridgehead atoms. The lowest BCUT2D eigenvalue weighted by Gasteiger charge is -2.28. The van der Waals surface area contributed by atoms with Gasteiger partial charge in [0.2, 0.25) is 18.6 Å². The number of esters is 3. The van der Waals surface area contributed by atoms with Crippen molar-refractivity contribution in [2.75, 3.05) is 65.2 Å². The summed E-state index contributed by atoms with van der Waals surface area (Å²) in [6.45, 7) is 26.6. The molecule has 5 heterocycles. The quantitative estimate of drug-likeness (QED) is 0.0135. The number of benzene rings is 2. The summed E-state index contributed by atoms with van der Waals surface area (Å²) in [6.07, 6.45) is -2.32. The SMILES string of the molecule is Cc1c(C)c(S(=O)(=O)CC(N)=NCCC[C@H](NC(=O)CCC(=O)OCOc2cc(=[N+]3CCOCC3)oc3c(-c4ccc5c(c4)OCCO5)csc23)C(=O)CCC(=O)N[C@@H](CC(=O)OC(C)(C)C)C(=O)CC(COC(C)(C)C)C(=O)OC(C)(C)C)c(C)c2c1OC(C)(C)C2.[Cl-]. The second-order valence-corrected chi connectivity index (χ2v) is 29.9. The molecule has 1 fully saturated rings. The number of amidine groups is 1. The third-order valence-corrected chi connectivity index (χ3v) is 18.1. The van der Waals surface area contributed by atoms with E-state index < -0.39 is 143 Å². The third-order valence-electron chi connectivity index (χ3n) is 15.2. The number of halogens is 1. The summed E-state index contributed by atoms with van der Waals surface area (Å²) >= 11 is 1.37. The van der Waals surface area contributed by atoms with Crippen LogP contribution in [-0.4, -0.2) is 155 Å². The first kappa shape index (κ1) is 75.9. The topological polar surface area (TPSA) is 315 Å². The van der Waals surface area contributed by atoms with E-state index >= 15 is 0 Å². The lowest BCUT2D eigenvalue weighted by molar-refractivity contribution is -0.165. The lowest BCUT2D eigenvalue weighted by Crippen LogP contribution is -3.00. The third kappa shape index (κ3) is 21.7. The molecule has 2 amide bonds. The minimum atomic E-state index is -4.01. The molecule has 4 aromatic rings. The number of rotatable bonds is 28. The average Bonchev–Trinajstić information content (AvgIpc) is 1.53. The molecule has 518 valence electrons. The number of ether oxygens (including phenoxy) is 9. The van der Waals surface area contributed by atoms with Gasteiger partial charge in [-0.1, -0.05) is 6.07 Å². The molecule has 24 nitrogen and oxygen atoms in total. The summed E-state index contributed by atoms with van der Waals surface area (Å²) in [5.74, 6) is -4.70. The number of morpholine rings is 1. The molecule has 3 aliphatic rings. The van der Waals surface area contributed by atoms with Crippen molar-refractivity contribution in [1.82, 2.24) is 15.2 Å². The van der Waals surface area contributed by atoms with E-state index in [0.29, 0.717) is 95.9 Å². The summed E-state index contributed by atoms with van der Waals surface area (Å²) in [6, 6.07) is 4.63. The number of nitrogens with two attached hydrogens (primary N) is 1. The zero-order valence-corrected chi connectivity index (χ0v) is 58.9. The highest BCUT2D eigenvalue weighted by Crippen LogP contribution is 2.45. The van der Waals surface area contributed by atoms with Crippen molar-refractivity contribution in [2.45, 2.75) is 194 Å². The Balaban J connectivity index is 0.0000140. The first-order valence-corrected chi connectivity index (χ1v) is 33.9. The molecule has 27 heteroatoms. The molecule has 0 aliphatic carbocycles. The van der Waals surface area contributed by atoms with Gasteiger partial charge in [-0.05, 0) is 144 Å². The molecule has 2 aromatic heterocycles. The van der Waals surface area contributed by atoms with E-state index in [0.717, 1.165) is 22.3 Å². The predicted molar refractivity (Wildman–Crippen MR) is 347 cm³/mol. The number of carbonyl (C=O) groups is 7. The number of nitrogens with one attached hydrogen (secondary N) is 2. The first-order chi connectivity index (χ1) is 43.5. The van der Waals surface area contributed by atoms with Crippen LogP contribution in [0.5, 0.6) is 23.0 Å². The largest absolute Gasteiger partial charge is 1.00 e. The van der Waals surface area contributed by atoms with E-state index in [1.54, 1.807) is 82.2 Å². The monoisotopic (exact) mass is 1370 g/mol. The Morgan fingerprint density at radius 2 is 1.41 bits per heavy atom. The summed E-state index contributed by atoms with van der Waals surface area (Å²) in [5.41, 5.74) is 8.56. The Labute approximate surface area is 560 Å². The fraction of sp³-hybridized carbons (Fsp3) is 0.597. The maximum Gasteiger partial charge on any atom is 0.371 e. The Hall–Kier alpha value is -7.13. The van der Waals surface area contributed by atoms with E-state index in [2.05, 4.69) is 15.6 Å². The van der Waals surface area contributed by atoms with Gasteiger partial charge in [-0.3, -0.25) is 38.6 Å². The number of thiophene rings is 1. The van der Waals surface area contributed by atoms with Crippen LogP contribution in [0, 0.1) is 26.7 Å². The minimum absolute atomic E-state index is 0. The van der Waals surface area contributed by atoms with E-state index in [1.165, 1.54) is 11.3 Å². The van der Waals surface area contributed by atoms with Gasteiger partial charge in [-0.15, -0.1) is 11.3 Å². The minimum Gasteiger partial charge on any atom is -1.00 e. The van der Waals surface area contributed by atoms with E-state index in [-0.39, 0.29) is 49.1 Å². The molecule has 1 saturated heterocycles. The maximum absolute atomic E-state index is 14.2. The smallest absolute Gasteiger partial charge is 0.371 e. The van der Waals surface area contributed by atoms with Gasteiger partial charge in [-0.25, -0.2) is 8.42 Å². The standard InChI is InChI=1S/C67H91N5O19S2.ClH/c1-39-40(2)62(41(3)44-34-67(13,14)90-59(39)44)93(80,81)37-53(68)69-23-15-16-46(48(73)18-20-54(75)71-47(32-58(78)89-65(7,8)9)49(74)30-43(35-87-64(4,5)6)63(79)91-66(10,11)12)70-55(76)21-22-57(77)86-38-85-52-33-56(72-24-26-82-27-25-72)88-60-45(36-92-61(52)60)42-17-19-50-51(31-42)84-29-28-83-50;/h17,19,31,33,36,43,46-47H,15-16,18,20-30,32,34-35,37-38H2,1-14H3,(H3-,68,69,70,71,75,76);1H/t43?,46-,47-;/m0./s1. The number of aliphatic imine (C=N–C) groups is 1. The molecule has 1 unspecified atom stereocenters. The van der Waals surface area contributed by atoms with Crippen LogP contribution < -0.4 is 57.9 Å². The van der Waals surface area contributed by atoms with Gasteiger partial charge in [0.05, 0.1) is 54.0 Å². The van der Waals surface area contributed by atoms with Crippen molar-refractivity contribution in [2.24, 2.45) is 16.6 Å². The normalized spacial score (nSPS) is 15.7. The molecule has 7 rings (SSSR count). The number of carbonyl (C=O) groups excluding carboxylic acids is 7. The van der Waals surface area contributed by atoms with Crippen LogP contribution in [0.25, 0.3) is 21.4 Å². The number of sulfone groups is 1. The molecule has 0 radical (unpaired) electrons. The van der Waals surface area contributed by atoms with Crippen molar-refractivity contribution in [3.63, 3.8) is 0 Å². The number of ketones is 2. The number of fused-ring (bicyclic) bond motifs is 3. The predicted octanol–water partition coefficient (Wildman–Crippen LogP) is 4.43. The molecular formula is C67H92ClN5O19S2. The number of Topliss-reactive ketones (excluding diaryl/α,β-unsaturated/α-hetero) is 2. The van der Waals surface area contributed by atoms with Crippen molar-refractivity contribution in [3.8, 4) is 34.1 Å². The van der Waals surface area contributed by atoms with E-state index in [1.807, 2.05) is 48.9 Å². The maximum atomic E-state index is 14.2. The zero-order chi connectivity index (χ0) is 68.4. The Morgan fingerprint density at radius 3 is 2.07 bits per heavy atom. The summed E-state index contributed by atoms with van der Waals surface area (Å²) in [7, 11) is -4.01. The number of hydrogen-bond acceptors (Lipinski definition) is 21. The zero-order valence-electron chi connectivity index (χ0n) is 56.5. The highest BCUT2D eigenvalue weighted by Gasteiger charge is 2.38. The van der Waals surface area contributed by atoms with Crippen molar-refractivity contribution >= 4 is 78.6 Å². The van der Waals surface area contributed by atoms with Crippen molar-refractivity contribution in [3.05, 3.63) is 57.5 Å². The average molecular weight is 1370 g/mol. The van der Waals surface area contributed by atoms with Gasteiger partial charge in [0, 0.05) is 55.2 Å². The van der Waals surface area contributed by atoms with Crippen LogP contribution in [-0.2, 0) is 73.5 Å². The summed E-state index contributed by atoms with van der Waals surface area (Å²) in [4.78, 5) is 100. The molecular weight excluding hydrogens is 1280 g/mol. The molecule has 3 aliphatic heterocycles. The second kappa shape index (κ2) is 32.1. The van der Waals surface area contributed by atoms with E-state index in [9.17, 15) is 42.0 Å². The highest BCUT2D eigenvalue weighted by atomic mass is 35.5. The fourth-order valence-electron chi connectivity index (χ4n) is 10.8. The van der Waals surface area contributed by atoms with Crippen molar-refractivity contribution < 1.29 is 101 Å². The van der Waals surface area contributed by atoms with Gasteiger partial charge in [-0.2, -0.15) is 4.58 Å². The van der Waals surface area contributed by atoms with Crippen LogP contribution in [0.1, 0.15) is 150 Å². The Kier molecular flexibility index (Phi) is 25.9. The lowest BCUT2D eigenvalue weighted by atomic mass is 9.94. The Morgan fingerprint density at radius 1 is 0.766 bits per heavy atom. The van der Waals surface area contributed by atoms with Crippen LogP contribution >= 0.6 is 11.3 Å². The highest BCUT2D eigenvalue weighted by molar-refractivity contribution is 7.92. The molecule has 2 aromatic carbocycles. The Bertz CT molecular complexity index is 3680. The number of hydrogen-bond donors (Lipinski definition) is 3. The van der Waals surface area contributed by atoms with Gasteiger partial charge in [0.15, 0.2) is 57.3 Å². The van der Waals surface area contributed by atoms with Crippen LogP contribution in [0.15, 0.2) is 44.0 Å². The van der Waals surface area contributed by atoms with Gasteiger partial charge in [0.1, 0.15) is 65.3 Å². The van der Waals surface area contributed by atoms with Gasteiger partial charge < -0.3 is 75.8 Å². The summed E-state index contributed by atoms with van der Waals surface area (Å²) in [5, 5.41) is 7.19. The molecule has 94 heavy (non-hydrogen) atoms. The molecule has 3 atom stereocenters. The van der Waals surface area contributed by atoms with Crippen LogP contribution in [0.2, 0.25) is 0 Å². The number of nitrogens with zero attached hydrogens (tertiary/aromatic N) is 2. The molecule has 0 spiro atoms. The van der Waals surface area contributed by atoms with Gasteiger partial charge >= 0.3 is 23.5 Å². The van der Waals surface area contributed by atoms with Crippen LogP contribution in [0.4, 0.5) is 0 Å². The molecule has 4 N–H and O–H groups in total. The van der Waals surface area contributed by atoms with Gasteiger partial charge in [0.25, 0.3) is 0 Å². The fourth-order valence-corrected chi connectivity index (χ4v) is 13.6. The second-order valence-electron chi connectivity index (χ2n) is 27.1. The first-order valence-electron chi connectivity index (χ1n) is 31.4. The van der Waals surface area contributed by atoms with Crippen molar-refractivity contribution in [1.29, 1.82) is 0 Å². The molecule has 0 saturated carbocycles.